The van der Waals surface area contributed by atoms with Gasteiger partial charge >= 0.3 is 5.97 Å². The molecule has 0 fully saturated rings. The molecule has 2 N–H and O–H groups in total. The van der Waals surface area contributed by atoms with E-state index in [1.165, 1.54) is 17.3 Å². The number of rotatable bonds is 5. The second-order valence-electron chi connectivity index (χ2n) is 4.86. The molecule has 0 radical (unpaired) electrons. The van der Waals surface area contributed by atoms with E-state index in [4.69, 9.17) is 5.11 Å². The van der Waals surface area contributed by atoms with Gasteiger partial charge in [-0.25, -0.2) is 4.79 Å². The van der Waals surface area contributed by atoms with Gasteiger partial charge in [0.15, 0.2) is 0 Å². The Balaban J connectivity index is 1.94. The van der Waals surface area contributed by atoms with Gasteiger partial charge in [-0.3, -0.25) is 4.98 Å². The average molecular weight is 270 g/mol. The highest BCUT2D eigenvalue weighted by Crippen LogP contribution is 2.13. The first-order valence-corrected chi connectivity index (χ1v) is 6.54. The summed E-state index contributed by atoms with van der Waals surface area (Å²) in [5.41, 5.74) is 3.50. The van der Waals surface area contributed by atoms with E-state index in [0.717, 1.165) is 5.69 Å². The number of aromatic carboxylic acids is 1. The first-order valence-electron chi connectivity index (χ1n) is 6.54. The van der Waals surface area contributed by atoms with Gasteiger partial charge in [0.25, 0.3) is 0 Å². The van der Waals surface area contributed by atoms with Gasteiger partial charge in [-0.05, 0) is 31.5 Å². The van der Waals surface area contributed by atoms with Crippen LogP contribution in [0.5, 0.6) is 0 Å². The van der Waals surface area contributed by atoms with E-state index in [-0.39, 0.29) is 11.6 Å². The molecule has 0 aliphatic carbocycles. The molecule has 4 nitrogen and oxygen atoms in total. The zero-order valence-corrected chi connectivity index (χ0v) is 11.6. The van der Waals surface area contributed by atoms with Crippen LogP contribution in [0.2, 0.25) is 0 Å². The van der Waals surface area contributed by atoms with Crippen molar-refractivity contribution < 1.29 is 9.90 Å². The zero-order chi connectivity index (χ0) is 14.5. The van der Waals surface area contributed by atoms with Crippen molar-refractivity contribution in [2.75, 3.05) is 0 Å². The average Bonchev–Trinajstić information content (AvgIpc) is 2.46. The van der Waals surface area contributed by atoms with Crippen LogP contribution in [0.3, 0.4) is 0 Å². The van der Waals surface area contributed by atoms with E-state index in [2.05, 4.69) is 48.4 Å². The Kier molecular flexibility index (Phi) is 4.48. The number of pyridine rings is 1. The molecule has 0 aliphatic rings. The lowest BCUT2D eigenvalue weighted by molar-refractivity contribution is 0.0696. The molecule has 1 aromatic carbocycles. The molecular weight excluding hydrogens is 252 g/mol. The molecule has 0 saturated heterocycles. The Morgan fingerprint density at radius 3 is 2.50 bits per heavy atom. The Morgan fingerprint density at radius 2 is 1.95 bits per heavy atom. The van der Waals surface area contributed by atoms with Crippen LogP contribution >= 0.6 is 0 Å². The van der Waals surface area contributed by atoms with E-state index >= 15 is 0 Å². The number of nitrogens with zero attached hydrogens (tertiary/aromatic N) is 1. The summed E-state index contributed by atoms with van der Waals surface area (Å²) in [6.07, 6.45) is 1.38. The molecular formula is C16H18N2O2. The van der Waals surface area contributed by atoms with Crippen LogP contribution in [-0.4, -0.2) is 16.1 Å². The Labute approximate surface area is 118 Å². The highest BCUT2D eigenvalue weighted by molar-refractivity contribution is 5.87. The predicted octanol–water partition coefficient (Wildman–Crippen LogP) is 2.94. The summed E-state index contributed by atoms with van der Waals surface area (Å²) < 4.78 is 0. The molecule has 1 heterocycles. The van der Waals surface area contributed by atoms with E-state index < -0.39 is 5.97 Å². The van der Waals surface area contributed by atoms with Crippen molar-refractivity contribution in [1.82, 2.24) is 10.3 Å². The topological polar surface area (TPSA) is 62.2 Å². The second-order valence-corrected chi connectivity index (χ2v) is 4.86. The molecule has 0 bridgehead atoms. The number of carbonyl (C=O) groups is 1. The van der Waals surface area contributed by atoms with Gasteiger partial charge < -0.3 is 10.4 Å². The third-order valence-electron chi connectivity index (χ3n) is 3.24. The highest BCUT2D eigenvalue weighted by Gasteiger charge is 2.06. The first-order chi connectivity index (χ1) is 9.56. The van der Waals surface area contributed by atoms with Crippen molar-refractivity contribution in [3.05, 3.63) is 65.0 Å². The van der Waals surface area contributed by atoms with Crippen LogP contribution < -0.4 is 5.32 Å². The maximum atomic E-state index is 10.7. The molecule has 2 aromatic rings. The molecule has 0 saturated carbocycles. The van der Waals surface area contributed by atoms with Gasteiger partial charge in [0.2, 0.25) is 0 Å². The summed E-state index contributed by atoms with van der Waals surface area (Å²) in [7, 11) is 0. The first kappa shape index (κ1) is 14.2. The van der Waals surface area contributed by atoms with Gasteiger partial charge in [0, 0.05) is 18.8 Å². The van der Waals surface area contributed by atoms with Crippen molar-refractivity contribution >= 4 is 5.97 Å². The lowest BCUT2D eigenvalue weighted by Gasteiger charge is -2.14. The second kappa shape index (κ2) is 6.30. The monoisotopic (exact) mass is 270 g/mol. The fourth-order valence-corrected chi connectivity index (χ4v) is 1.89. The number of benzene rings is 1. The van der Waals surface area contributed by atoms with E-state index in [1.54, 1.807) is 12.1 Å². The van der Waals surface area contributed by atoms with Crippen molar-refractivity contribution in [3.8, 4) is 0 Å². The third-order valence-corrected chi connectivity index (χ3v) is 3.24. The minimum absolute atomic E-state index is 0.209. The Bertz CT molecular complexity index is 576. The van der Waals surface area contributed by atoms with Crippen molar-refractivity contribution in [2.24, 2.45) is 0 Å². The van der Waals surface area contributed by atoms with Crippen LogP contribution in [0, 0.1) is 6.92 Å². The number of hydrogen-bond donors (Lipinski definition) is 2. The number of carboxylic acid groups (broad SMARTS) is 1. The van der Waals surface area contributed by atoms with E-state index in [0.29, 0.717) is 6.54 Å². The SMILES string of the molecule is Cc1ccc([C@H](C)NCc2ccc(C(=O)O)cn2)cc1. The summed E-state index contributed by atoms with van der Waals surface area (Å²) >= 11 is 0. The Hall–Kier alpha value is -2.20. The third kappa shape index (κ3) is 3.65. The molecule has 20 heavy (non-hydrogen) atoms. The van der Waals surface area contributed by atoms with E-state index in [9.17, 15) is 4.79 Å². The maximum Gasteiger partial charge on any atom is 0.337 e. The van der Waals surface area contributed by atoms with Gasteiger partial charge in [0.05, 0.1) is 11.3 Å². The smallest absolute Gasteiger partial charge is 0.337 e. The summed E-state index contributed by atoms with van der Waals surface area (Å²) in [6.45, 7) is 4.76. The number of aromatic nitrogens is 1. The molecule has 1 atom stereocenters. The van der Waals surface area contributed by atoms with Crippen molar-refractivity contribution in [1.29, 1.82) is 0 Å². The van der Waals surface area contributed by atoms with Crippen LogP contribution in [0.25, 0.3) is 0 Å². The quantitative estimate of drug-likeness (QED) is 0.877. The lowest BCUT2D eigenvalue weighted by Crippen LogP contribution is -2.18. The van der Waals surface area contributed by atoms with Crippen molar-refractivity contribution in [3.63, 3.8) is 0 Å². The largest absolute Gasteiger partial charge is 0.478 e. The lowest BCUT2D eigenvalue weighted by atomic mass is 10.1. The van der Waals surface area contributed by atoms with Crippen LogP contribution in [0.15, 0.2) is 42.6 Å². The molecule has 0 spiro atoms. The summed E-state index contributed by atoms with van der Waals surface area (Å²) in [4.78, 5) is 14.9. The molecule has 0 amide bonds. The van der Waals surface area contributed by atoms with Crippen LogP contribution in [-0.2, 0) is 6.54 Å². The molecule has 104 valence electrons. The van der Waals surface area contributed by atoms with Gasteiger partial charge in [-0.1, -0.05) is 29.8 Å². The molecule has 4 heteroatoms. The predicted molar refractivity (Wildman–Crippen MR) is 77.6 cm³/mol. The fraction of sp³-hybridized carbons (Fsp3) is 0.250. The Morgan fingerprint density at radius 1 is 1.25 bits per heavy atom. The minimum Gasteiger partial charge on any atom is -0.478 e. The fourth-order valence-electron chi connectivity index (χ4n) is 1.89. The standard InChI is InChI=1S/C16H18N2O2/c1-11-3-5-13(6-4-11)12(2)17-10-15-8-7-14(9-18-15)16(19)20/h3-9,12,17H,10H2,1-2H3,(H,19,20)/t12-/m0/s1. The number of aryl methyl sites for hydroxylation is 1. The van der Waals surface area contributed by atoms with Gasteiger partial charge in [-0.15, -0.1) is 0 Å². The van der Waals surface area contributed by atoms with E-state index in [1.807, 2.05) is 0 Å². The number of nitrogens with one attached hydrogen (secondary N) is 1. The minimum atomic E-state index is -0.954. The number of carboxylic acids is 1. The number of hydrogen-bond acceptors (Lipinski definition) is 3. The van der Waals surface area contributed by atoms with Crippen LogP contribution in [0.4, 0.5) is 0 Å². The maximum absolute atomic E-state index is 10.7. The van der Waals surface area contributed by atoms with Gasteiger partial charge in [0.1, 0.15) is 0 Å². The molecule has 2 rings (SSSR count). The molecule has 1 aromatic heterocycles. The van der Waals surface area contributed by atoms with Crippen LogP contribution in [0.1, 0.15) is 40.1 Å². The molecule has 0 unspecified atom stereocenters. The summed E-state index contributed by atoms with van der Waals surface area (Å²) in [6, 6.07) is 11.9. The summed E-state index contributed by atoms with van der Waals surface area (Å²) in [5, 5.41) is 12.2. The summed E-state index contributed by atoms with van der Waals surface area (Å²) in [5.74, 6) is -0.954. The van der Waals surface area contributed by atoms with Gasteiger partial charge in [-0.2, -0.15) is 0 Å². The highest BCUT2D eigenvalue weighted by atomic mass is 16.4. The van der Waals surface area contributed by atoms with Crippen molar-refractivity contribution in [2.45, 2.75) is 26.4 Å². The normalized spacial score (nSPS) is 12.1. The molecule has 0 aliphatic heterocycles. The zero-order valence-electron chi connectivity index (χ0n) is 11.6.